The molecule has 2 rings (SSSR count). The summed E-state index contributed by atoms with van der Waals surface area (Å²) in [6.07, 6.45) is 0. The standard InChI is InChI=1S/C18H21NO6/c1-21-12-9-15(24-4)17(16(10-12)25-5)18(20)19-11-6-7-13(22-2)14(8-11)23-3/h6-10H,1-5H3,(H,19,20). The van der Waals surface area contributed by atoms with E-state index in [1.807, 2.05) is 0 Å². The van der Waals surface area contributed by atoms with Gasteiger partial charge >= 0.3 is 0 Å². The van der Waals surface area contributed by atoms with Crippen molar-refractivity contribution in [3.8, 4) is 28.7 Å². The molecule has 134 valence electrons. The normalized spacial score (nSPS) is 9.96. The molecule has 0 aliphatic rings. The van der Waals surface area contributed by atoms with E-state index in [0.717, 1.165) is 0 Å². The highest BCUT2D eigenvalue weighted by Gasteiger charge is 2.21. The van der Waals surface area contributed by atoms with Crippen molar-refractivity contribution in [1.29, 1.82) is 0 Å². The van der Waals surface area contributed by atoms with Crippen LogP contribution in [0.1, 0.15) is 10.4 Å². The summed E-state index contributed by atoms with van der Waals surface area (Å²) < 4.78 is 26.2. The van der Waals surface area contributed by atoms with Gasteiger partial charge in [-0.05, 0) is 12.1 Å². The SMILES string of the molecule is COc1cc(OC)c(C(=O)Nc2ccc(OC)c(OC)c2)c(OC)c1. The van der Waals surface area contributed by atoms with E-state index < -0.39 is 0 Å². The van der Waals surface area contributed by atoms with Crippen LogP contribution in [-0.4, -0.2) is 41.5 Å². The third-order valence-electron chi connectivity index (χ3n) is 3.58. The topological polar surface area (TPSA) is 75.3 Å². The predicted octanol–water partition coefficient (Wildman–Crippen LogP) is 2.98. The zero-order chi connectivity index (χ0) is 18.4. The van der Waals surface area contributed by atoms with E-state index in [1.54, 1.807) is 37.4 Å². The van der Waals surface area contributed by atoms with Crippen LogP contribution in [0.5, 0.6) is 28.7 Å². The summed E-state index contributed by atoms with van der Waals surface area (Å²) in [5.74, 6) is 1.90. The molecule has 0 aliphatic carbocycles. The van der Waals surface area contributed by atoms with Crippen LogP contribution in [-0.2, 0) is 0 Å². The van der Waals surface area contributed by atoms with Gasteiger partial charge in [0.05, 0.1) is 35.5 Å². The third-order valence-corrected chi connectivity index (χ3v) is 3.58. The van der Waals surface area contributed by atoms with Crippen molar-refractivity contribution < 1.29 is 28.5 Å². The van der Waals surface area contributed by atoms with E-state index in [1.165, 1.54) is 28.4 Å². The summed E-state index contributed by atoms with van der Waals surface area (Å²) in [4.78, 5) is 12.7. The number of benzene rings is 2. The van der Waals surface area contributed by atoms with Gasteiger partial charge in [0, 0.05) is 23.9 Å². The van der Waals surface area contributed by atoms with Gasteiger partial charge in [0.1, 0.15) is 22.8 Å². The van der Waals surface area contributed by atoms with E-state index in [2.05, 4.69) is 5.32 Å². The lowest BCUT2D eigenvalue weighted by Crippen LogP contribution is -2.15. The fraction of sp³-hybridized carbons (Fsp3) is 0.278. The summed E-state index contributed by atoms with van der Waals surface area (Å²) >= 11 is 0. The van der Waals surface area contributed by atoms with Crippen LogP contribution in [0.4, 0.5) is 5.69 Å². The number of carbonyl (C=O) groups excluding carboxylic acids is 1. The number of ether oxygens (including phenoxy) is 5. The third kappa shape index (κ3) is 3.88. The Morgan fingerprint density at radius 2 is 1.28 bits per heavy atom. The maximum Gasteiger partial charge on any atom is 0.263 e. The number of rotatable bonds is 7. The molecule has 1 amide bonds. The van der Waals surface area contributed by atoms with E-state index in [-0.39, 0.29) is 11.5 Å². The minimum absolute atomic E-state index is 0.264. The largest absolute Gasteiger partial charge is 0.496 e. The number of carbonyl (C=O) groups is 1. The van der Waals surface area contributed by atoms with Gasteiger partial charge in [0.15, 0.2) is 11.5 Å². The van der Waals surface area contributed by atoms with Gasteiger partial charge < -0.3 is 29.0 Å². The Hall–Kier alpha value is -3.09. The second kappa shape index (κ2) is 8.14. The van der Waals surface area contributed by atoms with Crippen LogP contribution in [0.15, 0.2) is 30.3 Å². The molecule has 2 aromatic rings. The van der Waals surface area contributed by atoms with Gasteiger partial charge in [0.2, 0.25) is 0 Å². The van der Waals surface area contributed by atoms with Gasteiger partial charge in [-0.25, -0.2) is 0 Å². The maximum absolute atomic E-state index is 12.7. The molecule has 0 unspecified atom stereocenters. The van der Waals surface area contributed by atoms with Crippen molar-refractivity contribution in [2.45, 2.75) is 0 Å². The van der Waals surface area contributed by atoms with Gasteiger partial charge in [-0.3, -0.25) is 4.79 Å². The molecule has 0 heterocycles. The zero-order valence-corrected chi connectivity index (χ0v) is 14.8. The molecule has 0 aliphatic heterocycles. The van der Waals surface area contributed by atoms with Crippen molar-refractivity contribution in [1.82, 2.24) is 0 Å². The first-order valence-corrected chi connectivity index (χ1v) is 7.41. The second-order valence-corrected chi connectivity index (χ2v) is 4.93. The molecule has 0 fully saturated rings. The lowest BCUT2D eigenvalue weighted by atomic mass is 10.1. The van der Waals surface area contributed by atoms with E-state index in [9.17, 15) is 4.79 Å². The minimum atomic E-state index is -0.386. The Morgan fingerprint density at radius 3 is 1.76 bits per heavy atom. The first kappa shape index (κ1) is 18.3. The van der Waals surface area contributed by atoms with Crippen LogP contribution in [0.2, 0.25) is 0 Å². The van der Waals surface area contributed by atoms with Gasteiger partial charge in [-0.1, -0.05) is 0 Å². The highest BCUT2D eigenvalue weighted by Crippen LogP contribution is 2.35. The van der Waals surface area contributed by atoms with E-state index in [0.29, 0.717) is 34.4 Å². The molecular weight excluding hydrogens is 326 g/mol. The van der Waals surface area contributed by atoms with Gasteiger partial charge in [0.25, 0.3) is 5.91 Å². The molecule has 0 radical (unpaired) electrons. The Labute approximate surface area is 146 Å². The average molecular weight is 347 g/mol. The first-order chi connectivity index (χ1) is 12.1. The molecular formula is C18H21NO6. The van der Waals surface area contributed by atoms with Crippen molar-refractivity contribution in [3.63, 3.8) is 0 Å². The quantitative estimate of drug-likeness (QED) is 0.830. The summed E-state index contributed by atoms with van der Waals surface area (Å²) in [6, 6.07) is 8.32. The minimum Gasteiger partial charge on any atom is -0.496 e. The molecule has 1 N–H and O–H groups in total. The van der Waals surface area contributed by atoms with Crippen molar-refractivity contribution in [3.05, 3.63) is 35.9 Å². The summed E-state index contributed by atoms with van der Waals surface area (Å²) in [5.41, 5.74) is 0.808. The zero-order valence-electron chi connectivity index (χ0n) is 14.8. The number of methoxy groups -OCH3 is 5. The van der Waals surface area contributed by atoms with Crippen LogP contribution in [0.25, 0.3) is 0 Å². The van der Waals surface area contributed by atoms with Crippen LogP contribution >= 0.6 is 0 Å². The number of hydrogen-bond donors (Lipinski definition) is 1. The van der Waals surface area contributed by atoms with E-state index >= 15 is 0 Å². The molecule has 0 bridgehead atoms. The molecule has 0 spiro atoms. The van der Waals surface area contributed by atoms with Crippen LogP contribution in [0, 0.1) is 0 Å². The average Bonchev–Trinajstić information content (AvgIpc) is 2.66. The van der Waals surface area contributed by atoms with Crippen molar-refractivity contribution in [2.24, 2.45) is 0 Å². The lowest BCUT2D eigenvalue weighted by molar-refractivity contribution is 0.102. The summed E-state index contributed by atoms with van der Waals surface area (Å²) in [6.45, 7) is 0. The van der Waals surface area contributed by atoms with Crippen molar-refractivity contribution in [2.75, 3.05) is 40.9 Å². The summed E-state index contributed by atoms with van der Waals surface area (Å²) in [7, 11) is 7.54. The van der Waals surface area contributed by atoms with E-state index in [4.69, 9.17) is 23.7 Å². The molecule has 7 heteroatoms. The number of nitrogens with one attached hydrogen (secondary N) is 1. The Morgan fingerprint density at radius 1 is 0.720 bits per heavy atom. The molecule has 0 aromatic heterocycles. The second-order valence-electron chi connectivity index (χ2n) is 4.93. The predicted molar refractivity (Wildman–Crippen MR) is 93.6 cm³/mol. The fourth-order valence-corrected chi connectivity index (χ4v) is 2.34. The Balaban J connectivity index is 2.38. The highest BCUT2D eigenvalue weighted by molar-refractivity contribution is 6.08. The number of hydrogen-bond acceptors (Lipinski definition) is 6. The van der Waals surface area contributed by atoms with Gasteiger partial charge in [-0.15, -0.1) is 0 Å². The van der Waals surface area contributed by atoms with Crippen molar-refractivity contribution >= 4 is 11.6 Å². The Bertz CT molecular complexity index is 734. The smallest absolute Gasteiger partial charge is 0.263 e. The van der Waals surface area contributed by atoms with Crippen LogP contribution < -0.4 is 29.0 Å². The number of anilines is 1. The Kier molecular flexibility index (Phi) is 5.94. The molecule has 7 nitrogen and oxygen atoms in total. The highest BCUT2D eigenvalue weighted by atomic mass is 16.5. The number of amides is 1. The maximum atomic E-state index is 12.7. The molecule has 2 aromatic carbocycles. The van der Waals surface area contributed by atoms with Gasteiger partial charge in [-0.2, -0.15) is 0 Å². The monoisotopic (exact) mass is 347 g/mol. The first-order valence-electron chi connectivity index (χ1n) is 7.41. The molecule has 0 saturated heterocycles. The molecule has 0 saturated carbocycles. The van der Waals surface area contributed by atoms with Crippen LogP contribution in [0.3, 0.4) is 0 Å². The molecule has 25 heavy (non-hydrogen) atoms. The lowest BCUT2D eigenvalue weighted by Gasteiger charge is -2.15. The molecule has 0 atom stereocenters. The summed E-state index contributed by atoms with van der Waals surface area (Å²) in [5, 5.41) is 2.80. The fourth-order valence-electron chi connectivity index (χ4n) is 2.34.